The summed E-state index contributed by atoms with van der Waals surface area (Å²) in [4.78, 5) is 11.6. The van der Waals surface area contributed by atoms with E-state index in [1.165, 1.54) is 0 Å². The third-order valence-electron chi connectivity index (χ3n) is 2.63. The number of hydrogen-bond donors (Lipinski definition) is 3. The van der Waals surface area contributed by atoms with Crippen molar-refractivity contribution < 1.29 is 14.6 Å². The maximum absolute atomic E-state index is 11.6. The van der Waals surface area contributed by atoms with Crippen molar-refractivity contribution in [3.63, 3.8) is 0 Å². The number of ether oxygens (including phenoxy) is 1. The summed E-state index contributed by atoms with van der Waals surface area (Å²) < 4.78 is 5.34. The molecule has 1 aromatic carbocycles. The second kappa shape index (κ2) is 7.47. The second-order valence-corrected chi connectivity index (χ2v) is 5.59. The Morgan fingerprint density at radius 3 is 2.70 bits per heavy atom. The summed E-state index contributed by atoms with van der Waals surface area (Å²) in [6, 6.07) is 6.94. The molecule has 0 aliphatic rings. The van der Waals surface area contributed by atoms with Crippen LogP contribution in [0.4, 0.5) is 4.79 Å². The first-order valence-corrected chi connectivity index (χ1v) is 6.72. The minimum absolute atomic E-state index is 0.174. The molecule has 0 bridgehead atoms. The maximum Gasteiger partial charge on any atom is 0.314 e. The van der Waals surface area contributed by atoms with Crippen LogP contribution in [0.15, 0.2) is 24.3 Å². The molecule has 0 aliphatic heterocycles. The Morgan fingerprint density at radius 2 is 2.15 bits per heavy atom. The van der Waals surface area contributed by atoms with Gasteiger partial charge in [0.15, 0.2) is 0 Å². The van der Waals surface area contributed by atoms with Crippen LogP contribution in [-0.4, -0.2) is 36.9 Å². The van der Waals surface area contributed by atoms with E-state index < -0.39 is 5.60 Å². The van der Waals surface area contributed by atoms with Gasteiger partial charge < -0.3 is 20.5 Å². The predicted molar refractivity (Wildman–Crippen MR) is 78.9 cm³/mol. The van der Waals surface area contributed by atoms with E-state index in [1.807, 2.05) is 12.1 Å². The molecule has 1 rings (SSSR count). The van der Waals surface area contributed by atoms with Gasteiger partial charge in [-0.05, 0) is 31.5 Å². The van der Waals surface area contributed by atoms with Gasteiger partial charge >= 0.3 is 6.03 Å². The Kier molecular flexibility index (Phi) is 6.26. The first-order chi connectivity index (χ1) is 9.31. The zero-order valence-corrected chi connectivity index (χ0v) is 12.7. The summed E-state index contributed by atoms with van der Waals surface area (Å²) >= 11 is 5.93. The Labute approximate surface area is 124 Å². The Bertz CT molecular complexity index is 446. The van der Waals surface area contributed by atoms with Gasteiger partial charge in [-0.15, -0.1) is 0 Å². The number of halogens is 1. The van der Waals surface area contributed by atoms with Crippen molar-refractivity contribution >= 4 is 17.6 Å². The van der Waals surface area contributed by atoms with Crippen LogP contribution in [0.3, 0.4) is 0 Å². The highest BCUT2D eigenvalue weighted by Crippen LogP contribution is 2.19. The van der Waals surface area contributed by atoms with E-state index >= 15 is 0 Å². The molecule has 1 atom stereocenters. The van der Waals surface area contributed by atoms with E-state index in [2.05, 4.69) is 10.6 Å². The van der Waals surface area contributed by atoms with E-state index in [1.54, 1.807) is 33.1 Å². The van der Waals surface area contributed by atoms with E-state index in [9.17, 15) is 9.90 Å². The Hall–Kier alpha value is -1.30. The third-order valence-corrected chi connectivity index (χ3v) is 2.87. The molecule has 1 aromatic rings. The number of aliphatic hydroxyl groups is 1. The number of carbonyl (C=O) groups is 1. The largest absolute Gasteiger partial charge is 0.389 e. The van der Waals surface area contributed by atoms with Crippen LogP contribution in [-0.2, 0) is 4.74 Å². The van der Waals surface area contributed by atoms with Crippen LogP contribution in [0, 0.1) is 0 Å². The molecular weight excluding hydrogens is 280 g/mol. The fraction of sp³-hybridized carbons (Fsp3) is 0.500. The number of methoxy groups -OCH3 is 1. The molecular formula is C14H21ClN2O3. The van der Waals surface area contributed by atoms with E-state index in [0.717, 1.165) is 5.56 Å². The topological polar surface area (TPSA) is 70.6 Å². The second-order valence-electron chi connectivity index (χ2n) is 5.16. The number of rotatable bonds is 6. The fourth-order valence-electron chi connectivity index (χ4n) is 1.59. The average Bonchev–Trinajstić information content (AvgIpc) is 2.36. The molecule has 0 spiro atoms. The molecule has 0 aromatic heterocycles. The number of urea groups is 1. The molecule has 0 unspecified atom stereocenters. The molecule has 0 radical (unpaired) electrons. The SMILES string of the molecule is CO[C@H](CNC(=O)NCC(C)(C)O)c1cccc(Cl)c1. The molecule has 0 fully saturated rings. The van der Waals surface area contributed by atoms with Crippen molar-refractivity contribution in [1.29, 1.82) is 0 Å². The quantitative estimate of drug-likeness (QED) is 0.753. The van der Waals surface area contributed by atoms with Gasteiger partial charge in [0.2, 0.25) is 0 Å². The number of benzene rings is 1. The summed E-state index contributed by atoms with van der Waals surface area (Å²) in [6.07, 6.45) is -0.276. The lowest BCUT2D eigenvalue weighted by Crippen LogP contribution is -2.44. The molecule has 0 aliphatic carbocycles. The molecule has 0 saturated carbocycles. The normalized spacial score (nSPS) is 12.8. The van der Waals surface area contributed by atoms with Crippen LogP contribution < -0.4 is 10.6 Å². The predicted octanol–water partition coefficient (Wildman–Crippen LogP) is 2.10. The lowest BCUT2D eigenvalue weighted by Gasteiger charge is -2.20. The number of nitrogens with one attached hydrogen (secondary N) is 2. The van der Waals surface area contributed by atoms with Crippen molar-refractivity contribution in [2.75, 3.05) is 20.2 Å². The fourth-order valence-corrected chi connectivity index (χ4v) is 1.79. The van der Waals surface area contributed by atoms with Crippen LogP contribution in [0.25, 0.3) is 0 Å². The van der Waals surface area contributed by atoms with Crippen molar-refractivity contribution in [2.45, 2.75) is 25.6 Å². The number of carbonyl (C=O) groups excluding carboxylic acids is 1. The Balaban J connectivity index is 2.48. The standard InChI is InChI=1S/C14H21ClN2O3/c1-14(2,19)9-17-13(18)16-8-12(20-3)10-5-4-6-11(15)7-10/h4-7,12,19H,8-9H2,1-3H3,(H2,16,17,18)/t12-/m1/s1. The average molecular weight is 301 g/mol. The van der Waals surface area contributed by atoms with Crippen LogP contribution >= 0.6 is 11.6 Å². The summed E-state index contributed by atoms with van der Waals surface area (Å²) in [5.41, 5.74) is -0.0481. The van der Waals surface area contributed by atoms with Crippen molar-refractivity contribution in [2.24, 2.45) is 0 Å². The van der Waals surface area contributed by atoms with Crippen LogP contribution in [0.1, 0.15) is 25.5 Å². The van der Waals surface area contributed by atoms with Gasteiger partial charge in [0.1, 0.15) is 0 Å². The summed E-state index contributed by atoms with van der Waals surface area (Å²) in [5, 5.41) is 15.4. The molecule has 2 amide bonds. The van der Waals surface area contributed by atoms with E-state index in [4.69, 9.17) is 16.3 Å². The molecule has 0 heterocycles. The summed E-state index contributed by atoms with van der Waals surface area (Å²) in [6.45, 7) is 3.73. The Morgan fingerprint density at radius 1 is 1.45 bits per heavy atom. The van der Waals surface area contributed by atoms with Crippen molar-refractivity contribution in [3.05, 3.63) is 34.9 Å². The van der Waals surface area contributed by atoms with Crippen LogP contribution in [0.5, 0.6) is 0 Å². The first kappa shape index (κ1) is 16.8. The van der Waals surface area contributed by atoms with Crippen molar-refractivity contribution in [3.8, 4) is 0 Å². The molecule has 20 heavy (non-hydrogen) atoms. The first-order valence-electron chi connectivity index (χ1n) is 6.34. The number of hydrogen-bond acceptors (Lipinski definition) is 3. The summed E-state index contributed by atoms with van der Waals surface area (Å²) in [5.74, 6) is 0. The highest BCUT2D eigenvalue weighted by atomic mass is 35.5. The smallest absolute Gasteiger partial charge is 0.314 e. The van der Waals surface area contributed by atoms with Crippen LogP contribution in [0.2, 0.25) is 5.02 Å². The monoisotopic (exact) mass is 300 g/mol. The molecule has 112 valence electrons. The van der Waals surface area contributed by atoms with Gasteiger partial charge in [-0.25, -0.2) is 4.79 Å². The minimum Gasteiger partial charge on any atom is -0.389 e. The number of amides is 2. The van der Waals surface area contributed by atoms with Gasteiger partial charge in [-0.2, -0.15) is 0 Å². The zero-order chi connectivity index (χ0) is 15.2. The minimum atomic E-state index is -0.940. The highest BCUT2D eigenvalue weighted by Gasteiger charge is 2.15. The van der Waals surface area contributed by atoms with Gasteiger partial charge in [-0.3, -0.25) is 0 Å². The van der Waals surface area contributed by atoms with E-state index in [-0.39, 0.29) is 18.7 Å². The lowest BCUT2D eigenvalue weighted by atomic mass is 10.1. The van der Waals surface area contributed by atoms with Gasteiger partial charge in [-0.1, -0.05) is 23.7 Å². The molecule has 6 heteroatoms. The lowest BCUT2D eigenvalue weighted by molar-refractivity contribution is 0.0807. The van der Waals surface area contributed by atoms with Gasteiger partial charge in [0.05, 0.1) is 11.7 Å². The molecule has 5 nitrogen and oxygen atoms in total. The van der Waals surface area contributed by atoms with Gasteiger partial charge in [0.25, 0.3) is 0 Å². The van der Waals surface area contributed by atoms with Gasteiger partial charge in [0, 0.05) is 25.2 Å². The molecule has 0 saturated heterocycles. The summed E-state index contributed by atoms with van der Waals surface area (Å²) in [7, 11) is 1.57. The maximum atomic E-state index is 11.6. The highest BCUT2D eigenvalue weighted by molar-refractivity contribution is 6.30. The molecule has 3 N–H and O–H groups in total. The third kappa shape index (κ3) is 6.23. The zero-order valence-electron chi connectivity index (χ0n) is 11.9. The van der Waals surface area contributed by atoms with E-state index in [0.29, 0.717) is 11.6 Å². The van der Waals surface area contributed by atoms with Crippen molar-refractivity contribution in [1.82, 2.24) is 10.6 Å².